The topological polar surface area (TPSA) is 0 Å². The molecule has 0 spiro atoms. The first-order valence-corrected chi connectivity index (χ1v) is 30.5. The van der Waals surface area contributed by atoms with E-state index < -0.39 is 0 Å². The summed E-state index contributed by atoms with van der Waals surface area (Å²) in [5.41, 5.74) is 0. The van der Waals surface area contributed by atoms with Gasteiger partial charge in [0.25, 0.3) is 0 Å². The molecule has 276 valence electrons. The quantitative estimate of drug-likeness (QED) is 0.281. The zero-order valence-electron chi connectivity index (χ0n) is 30.5. The molecule has 0 aliphatic carbocycles. The lowest BCUT2D eigenvalue weighted by Crippen LogP contribution is -2.67. The molecule has 0 radical (unpaired) electrons. The molecule has 0 atom stereocenters. The number of thioether (sulfide) groups is 16. The number of benzene rings is 1. The minimum absolute atomic E-state index is 1.42. The Kier molecular flexibility index (Phi) is 14.7. The number of hydrogen-bond donors (Lipinski definition) is 0. The van der Waals surface area contributed by atoms with Gasteiger partial charge in [-0.25, -0.2) is 0 Å². The number of allylic oxidation sites excluding steroid dienone is 8. The molecule has 0 saturated heterocycles. The number of hydrogen-bond acceptors (Lipinski definition) is 16. The van der Waals surface area contributed by atoms with Crippen molar-refractivity contribution in [2.24, 2.45) is 0 Å². The molecule has 7 rings (SSSR count). The number of rotatable bonds is 4. The van der Waals surface area contributed by atoms with Crippen molar-refractivity contribution >= 4 is 214 Å². The fraction of sp³-hybridized carbons (Fsp3) is 0.333. The Morgan fingerprint density at radius 1 is 0.231 bits per heavy atom. The average Bonchev–Trinajstić information content (AvgIpc) is 3.98. The van der Waals surface area contributed by atoms with Gasteiger partial charge in [-0.05, 0) is 120 Å². The van der Waals surface area contributed by atoms with Crippen molar-refractivity contribution in [3.05, 3.63) is 87.5 Å². The average molecular weight is 982 g/mol. The van der Waals surface area contributed by atoms with Crippen LogP contribution in [0.25, 0.3) is 25.4 Å². The highest BCUT2D eigenvalue weighted by Gasteiger charge is 2.31. The van der Waals surface area contributed by atoms with E-state index >= 15 is 0 Å². The van der Waals surface area contributed by atoms with Crippen LogP contribution >= 0.6 is 188 Å². The third-order valence-corrected chi connectivity index (χ3v) is 29.5. The molecule has 0 fully saturated rings. The lowest BCUT2D eigenvalue weighted by molar-refractivity contribution is 1.31. The summed E-state index contributed by atoms with van der Waals surface area (Å²) in [7, 11) is 0. The van der Waals surface area contributed by atoms with Gasteiger partial charge in [0.1, 0.15) is 0 Å². The Balaban J connectivity index is 1.87. The second-order valence-electron chi connectivity index (χ2n) is 11.6. The molecule has 0 saturated carbocycles. The van der Waals surface area contributed by atoms with E-state index in [9.17, 15) is 0 Å². The zero-order chi connectivity index (χ0) is 37.2. The van der Waals surface area contributed by atoms with Crippen LogP contribution < -0.4 is 31.3 Å². The molecule has 6 aliphatic rings. The van der Waals surface area contributed by atoms with Crippen molar-refractivity contribution in [3.63, 3.8) is 0 Å². The van der Waals surface area contributed by atoms with Crippen LogP contribution in [-0.4, -0.2) is 25.0 Å². The van der Waals surface area contributed by atoms with Crippen LogP contribution in [0.1, 0.15) is 55.4 Å². The Morgan fingerprint density at radius 2 is 0.365 bits per heavy atom. The van der Waals surface area contributed by atoms with Gasteiger partial charge < -0.3 is 0 Å². The van der Waals surface area contributed by atoms with Crippen molar-refractivity contribution in [2.75, 3.05) is 25.0 Å². The fourth-order valence-electron chi connectivity index (χ4n) is 5.40. The molecular weight excluding hydrogens is 945 g/mol. The molecule has 16 heteroatoms. The van der Waals surface area contributed by atoms with Crippen LogP contribution in [0, 0.1) is 0 Å². The van der Waals surface area contributed by atoms with Gasteiger partial charge in [0.05, 0.1) is 42.4 Å². The van der Waals surface area contributed by atoms with E-state index in [0.29, 0.717) is 0 Å². The predicted molar refractivity (Wildman–Crippen MR) is 277 cm³/mol. The Morgan fingerprint density at radius 3 is 0.500 bits per heavy atom. The van der Waals surface area contributed by atoms with Crippen LogP contribution in [0.15, 0.2) is 56.2 Å². The van der Waals surface area contributed by atoms with Gasteiger partial charge >= 0.3 is 0 Å². The van der Waals surface area contributed by atoms with Crippen molar-refractivity contribution in [2.45, 2.75) is 55.4 Å². The first-order valence-electron chi connectivity index (χ1n) is 15.8. The van der Waals surface area contributed by atoms with E-state index in [1.54, 1.807) is 0 Å². The van der Waals surface area contributed by atoms with Gasteiger partial charge in [0, 0.05) is 31.3 Å². The fourth-order valence-corrected chi connectivity index (χ4v) is 26.1. The lowest BCUT2D eigenvalue weighted by atomic mass is 10.1. The molecule has 0 aromatic heterocycles. The molecule has 52 heavy (non-hydrogen) atoms. The summed E-state index contributed by atoms with van der Waals surface area (Å²) in [6.07, 6.45) is 8.98. The van der Waals surface area contributed by atoms with E-state index in [-0.39, 0.29) is 0 Å². The standard InChI is InChI=1S/C36H36S16/c1-13-14(2)42-27(41-13)21-22(28-43-15(3)16(4)44-28)24(30-47-19(7)20(8)48-30)26(32-51-35(39-11)36(40-12)52-32)25(23(21)29-45-17(5)18(6)46-29)31-49-33(37-9)34(38-10)50-31/h1-12H3. The normalized spacial score (nSPS) is 21.7. The predicted octanol–water partition coefficient (Wildman–Crippen LogP) is 13.7. The highest BCUT2D eigenvalue weighted by Crippen LogP contribution is 2.59. The summed E-state index contributed by atoms with van der Waals surface area (Å²) in [5, 5.41) is 8.66. The largest absolute Gasteiger partial charge is 0.121 e. The molecule has 1 aromatic rings. The van der Waals surface area contributed by atoms with Crippen molar-refractivity contribution < 1.29 is 0 Å². The van der Waals surface area contributed by atoms with Crippen LogP contribution in [0.4, 0.5) is 0 Å². The van der Waals surface area contributed by atoms with Crippen molar-refractivity contribution in [1.82, 2.24) is 0 Å². The van der Waals surface area contributed by atoms with Gasteiger partial charge in [-0.15, -0.1) is 47.0 Å². The Hall–Kier alpha value is 2.48. The highest BCUT2D eigenvalue weighted by atomic mass is 32.3. The molecule has 0 amide bonds. The summed E-state index contributed by atoms with van der Waals surface area (Å²) >= 11 is 31.6. The molecular formula is C36H36S16. The highest BCUT2D eigenvalue weighted by molar-refractivity contribution is 8.46. The maximum Gasteiger partial charge on any atom is 0.0657 e. The summed E-state index contributed by atoms with van der Waals surface area (Å²) in [6.45, 7) is 18.5. The second kappa shape index (κ2) is 18.0. The Labute approximate surface area is 376 Å². The smallest absolute Gasteiger partial charge is 0.0657 e. The van der Waals surface area contributed by atoms with Crippen LogP contribution in [0.2, 0.25) is 0 Å². The van der Waals surface area contributed by atoms with Crippen molar-refractivity contribution in [1.29, 1.82) is 0 Å². The van der Waals surface area contributed by atoms with E-state index in [1.807, 2.05) is 188 Å². The molecule has 0 unspecified atom stereocenters. The van der Waals surface area contributed by atoms with E-state index in [4.69, 9.17) is 0 Å². The van der Waals surface area contributed by atoms with E-state index in [0.717, 1.165) is 0 Å². The summed E-state index contributed by atoms with van der Waals surface area (Å²) in [6, 6.07) is 0. The SMILES string of the molecule is CSC1=C(SC)SC(=c2c(=C3SC(C)=C(C)S3)c(=C3SC(C)=C(C)S3)c(=C3SC(C)=C(C)S3)c(=C3SC(C)=C(C)S3)c2=C2SC(SC)=C(SC)S2)S1. The first-order chi connectivity index (χ1) is 24.9. The van der Waals surface area contributed by atoms with Crippen molar-refractivity contribution in [3.8, 4) is 0 Å². The minimum Gasteiger partial charge on any atom is -0.121 e. The lowest BCUT2D eigenvalue weighted by Gasteiger charge is -2.14. The summed E-state index contributed by atoms with van der Waals surface area (Å²) in [4.78, 5) is 11.3. The summed E-state index contributed by atoms with van der Waals surface area (Å²) in [5.74, 6) is 0. The van der Waals surface area contributed by atoms with Crippen LogP contribution in [-0.2, 0) is 0 Å². The maximum atomic E-state index is 2.31. The molecule has 1 aromatic carbocycles. The van der Waals surface area contributed by atoms with Crippen LogP contribution in [0.3, 0.4) is 0 Å². The third-order valence-electron chi connectivity index (χ3n) is 8.49. The second-order valence-corrected chi connectivity index (χ2v) is 31.3. The molecule has 0 N–H and O–H groups in total. The third kappa shape index (κ3) is 8.17. The molecule has 0 nitrogen and oxygen atoms in total. The van der Waals surface area contributed by atoms with Gasteiger partial charge in [0.15, 0.2) is 0 Å². The Bertz CT molecular complexity index is 2150. The van der Waals surface area contributed by atoms with Gasteiger partial charge in [-0.2, -0.15) is 0 Å². The maximum absolute atomic E-state index is 2.31. The summed E-state index contributed by atoms with van der Waals surface area (Å²) < 4.78 is 14.2. The van der Waals surface area contributed by atoms with Crippen LogP contribution in [0.5, 0.6) is 0 Å². The van der Waals surface area contributed by atoms with Gasteiger partial charge in [0.2, 0.25) is 0 Å². The molecule has 6 aliphatic heterocycles. The van der Waals surface area contributed by atoms with Gasteiger partial charge in [-0.1, -0.05) is 141 Å². The van der Waals surface area contributed by atoms with E-state index in [1.165, 1.54) is 113 Å². The zero-order valence-corrected chi connectivity index (χ0v) is 43.6. The minimum atomic E-state index is 1.42. The van der Waals surface area contributed by atoms with Gasteiger partial charge in [-0.3, -0.25) is 0 Å². The molecule has 6 heterocycles. The van der Waals surface area contributed by atoms with E-state index in [2.05, 4.69) is 80.4 Å². The molecule has 0 bridgehead atoms. The monoisotopic (exact) mass is 980 g/mol. The first kappa shape index (κ1) is 42.6.